The first-order chi connectivity index (χ1) is 8.65. The van der Waals surface area contributed by atoms with Crippen LogP contribution in [-0.2, 0) is 4.79 Å². The van der Waals surface area contributed by atoms with E-state index >= 15 is 0 Å². The molecule has 0 spiro atoms. The lowest BCUT2D eigenvalue weighted by Gasteiger charge is -2.10. The maximum Gasteiger partial charge on any atom is 0.308 e. The molecule has 0 saturated carbocycles. The van der Waals surface area contributed by atoms with Crippen molar-refractivity contribution in [2.45, 2.75) is 6.92 Å². The molecular formula is C14H11ClO3. The number of ether oxygens (including phenoxy) is 2. The lowest BCUT2D eigenvalue weighted by atomic mass is 10.3. The van der Waals surface area contributed by atoms with Crippen LogP contribution in [0.15, 0.2) is 48.5 Å². The molecule has 0 radical (unpaired) electrons. The fraction of sp³-hybridized carbons (Fsp3) is 0.0714. The Morgan fingerprint density at radius 3 is 2.22 bits per heavy atom. The van der Waals surface area contributed by atoms with Crippen molar-refractivity contribution >= 4 is 17.6 Å². The summed E-state index contributed by atoms with van der Waals surface area (Å²) in [5, 5.41) is 0.635. The van der Waals surface area contributed by atoms with Crippen LogP contribution in [0.5, 0.6) is 17.2 Å². The summed E-state index contributed by atoms with van der Waals surface area (Å²) in [4.78, 5) is 11.0. The van der Waals surface area contributed by atoms with E-state index in [0.29, 0.717) is 22.3 Å². The number of hydrogen-bond acceptors (Lipinski definition) is 3. The highest BCUT2D eigenvalue weighted by Gasteiger charge is 2.07. The van der Waals surface area contributed by atoms with Crippen molar-refractivity contribution < 1.29 is 14.3 Å². The third-order valence-electron chi connectivity index (χ3n) is 2.14. The average molecular weight is 263 g/mol. The Labute approximate surface area is 110 Å². The van der Waals surface area contributed by atoms with Crippen LogP contribution >= 0.6 is 11.6 Å². The molecule has 18 heavy (non-hydrogen) atoms. The molecule has 2 aromatic carbocycles. The number of para-hydroxylation sites is 2. The summed E-state index contributed by atoms with van der Waals surface area (Å²) in [6.07, 6.45) is 0. The van der Waals surface area contributed by atoms with Crippen LogP contribution in [0.25, 0.3) is 0 Å². The van der Waals surface area contributed by atoms with Gasteiger partial charge >= 0.3 is 5.97 Å². The van der Waals surface area contributed by atoms with Crippen molar-refractivity contribution in [3.63, 3.8) is 0 Å². The minimum absolute atomic E-state index is 0.387. The Morgan fingerprint density at radius 2 is 1.61 bits per heavy atom. The second-order valence-corrected chi connectivity index (χ2v) is 4.03. The van der Waals surface area contributed by atoms with Gasteiger partial charge < -0.3 is 9.47 Å². The first kappa shape index (κ1) is 12.5. The molecule has 3 nitrogen and oxygen atoms in total. The van der Waals surface area contributed by atoms with Crippen molar-refractivity contribution in [2.75, 3.05) is 0 Å². The predicted octanol–water partition coefficient (Wildman–Crippen LogP) is 4.06. The summed E-state index contributed by atoms with van der Waals surface area (Å²) in [5.74, 6) is 1.11. The van der Waals surface area contributed by atoms with Gasteiger partial charge in [-0.2, -0.15) is 0 Å². The van der Waals surface area contributed by atoms with E-state index in [0.717, 1.165) is 0 Å². The molecule has 0 heterocycles. The molecule has 0 fully saturated rings. The Balaban J connectivity index is 2.23. The second kappa shape index (κ2) is 5.56. The van der Waals surface area contributed by atoms with Gasteiger partial charge in [-0.1, -0.05) is 23.7 Å². The van der Waals surface area contributed by atoms with Crippen molar-refractivity contribution in [1.29, 1.82) is 0 Å². The molecule has 0 aliphatic rings. The summed E-state index contributed by atoms with van der Waals surface area (Å²) in [6.45, 7) is 1.35. The molecular weight excluding hydrogens is 252 g/mol. The number of esters is 1. The van der Waals surface area contributed by atoms with Crippen LogP contribution in [0.4, 0.5) is 0 Å². The minimum Gasteiger partial charge on any atom is -0.453 e. The SMILES string of the molecule is CC(=O)Oc1ccccc1Oc1ccc(Cl)cc1. The third kappa shape index (κ3) is 3.25. The molecule has 0 saturated heterocycles. The molecule has 92 valence electrons. The fourth-order valence-electron chi connectivity index (χ4n) is 1.40. The zero-order valence-corrected chi connectivity index (χ0v) is 10.5. The Hall–Kier alpha value is -2.00. The molecule has 4 heteroatoms. The van der Waals surface area contributed by atoms with E-state index in [2.05, 4.69) is 0 Å². The van der Waals surface area contributed by atoms with Crippen LogP contribution < -0.4 is 9.47 Å². The number of hydrogen-bond donors (Lipinski definition) is 0. The molecule has 0 aliphatic carbocycles. The number of carbonyl (C=O) groups is 1. The highest BCUT2D eigenvalue weighted by molar-refractivity contribution is 6.30. The van der Waals surface area contributed by atoms with Crippen molar-refractivity contribution in [2.24, 2.45) is 0 Å². The summed E-state index contributed by atoms with van der Waals surface area (Å²) >= 11 is 5.79. The second-order valence-electron chi connectivity index (χ2n) is 3.60. The molecule has 0 N–H and O–H groups in total. The van der Waals surface area contributed by atoms with Crippen LogP contribution in [0, 0.1) is 0 Å². The molecule has 0 bridgehead atoms. The van der Waals surface area contributed by atoms with Gasteiger partial charge in [0.05, 0.1) is 0 Å². The average Bonchev–Trinajstić information content (AvgIpc) is 2.34. The number of rotatable bonds is 3. The summed E-state index contributed by atoms with van der Waals surface area (Å²) in [6, 6.07) is 13.9. The Kier molecular flexibility index (Phi) is 3.85. The zero-order valence-electron chi connectivity index (χ0n) is 9.72. The smallest absolute Gasteiger partial charge is 0.308 e. The first-order valence-corrected chi connectivity index (χ1v) is 5.74. The van der Waals surface area contributed by atoms with E-state index in [-0.39, 0.29) is 5.97 Å². The standard InChI is InChI=1S/C14H11ClO3/c1-10(16)17-13-4-2-3-5-14(13)18-12-8-6-11(15)7-9-12/h2-9H,1H3. The third-order valence-corrected chi connectivity index (χ3v) is 2.40. The van der Waals surface area contributed by atoms with Gasteiger partial charge in [0.15, 0.2) is 11.5 Å². The van der Waals surface area contributed by atoms with Crippen LogP contribution in [-0.4, -0.2) is 5.97 Å². The van der Waals surface area contributed by atoms with Crippen molar-refractivity contribution in [3.05, 3.63) is 53.6 Å². The lowest BCUT2D eigenvalue weighted by molar-refractivity contribution is -0.131. The van der Waals surface area contributed by atoms with E-state index in [1.807, 2.05) is 0 Å². The quantitative estimate of drug-likeness (QED) is 0.618. The number of benzene rings is 2. The van der Waals surface area contributed by atoms with Crippen molar-refractivity contribution in [1.82, 2.24) is 0 Å². The summed E-state index contributed by atoms with van der Waals surface area (Å²) < 4.78 is 10.7. The van der Waals surface area contributed by atoms with Crippen LogP contribution in [0.1, 0.15) is 6.92 Å². The molecule has 0 amide bonds. The molecule has 0 unspecified atom stereocenters. The maximum atomic E-state index is 11.0. The van der Waals surface area contributed by atoms with Gasteiger partial charge in [-0.3, -0.25) is 4.79 Å². The predicted molar refractivity (Wildman–Crippen MR) is 69.3 cm³/mol. The van der Waals surface area contributed by atoms with Gasteiger partial charge in [-0.25, -0.2) is 0 Å². The molecule has 0 aromatic heterocycles. The van der Waals surface area contributed by atoms with Gasteiger partial charge in [-0.15, -0.1) is 0 Å². The highest BCUT2D eigenvalue weighted by Crippen LogP contribution is 2.31. The first-order valence-electron chi connectivity index (χ1n) is 5.36. The molecule has 2 rings (SSSR count). The van der Waals surface area contributed by atoms with Crippen molar-refractivity contribution in [3.8, 4) is 17.2 Å². The van der Waals surface area contributed by atoms with E-state index < -0.39 is 0 Å². The molecule has 0 aliphatic heterocycles. The van der Waals surface area contributed by atoms with Gasteiger partial charge in [0.2, 0.25) is 0 Å². The normalized spacial score (nSPS) is 9.89. The largest absolute Gasteiger partial charge is 0.453 e. The van der Waals surface area contributed by atoms with E-state index in [4.69, 9.17) is 21.1 Å². The van der Waals surface area contributed by atoms with Gasteiger partial charge in [0.1, 0.15) is 5.75 Å². The summed E-state index contributed by atoms with van der Waals surface area (Å²) in [7, 11) is 0. The topological polar surface area (TPSA) is 35.5 Å². The summed E-state index contributed by atoms with van der Waals surface area (Å²) in [5.41, 5.74) is 0. The van der Waals surface area contributed by atoms with Crippen LogP contribution in [0.2, 0.25) is 5.02 Å². The minimum atomic E-state index is -0.387. The molecule has 2 aromatic rings. The van der Waals surface area contributed by atoms with E-state index in [1.165, 1.54) is 6.92 Å². The number of halogens is 1. The van der Waals surface area contributed by atoms with Gasteiger partial charge in [-0.05, 0) is 36.4 Å². The van der Waals surface area contributed by atoms with Gasteiger partial charge in [0.25, 0.3) is 0 Å². The Bertz CT molecular complexity index is 549. The van der Waals surface area contributed by atoms with E-state index in [1.54, 1.807) is 48.5 Å². The maximum absolute atomic E-state index is 11.0. The van der Waals surface area contributed by atoms with Crippen LogP contribution in [0.3, 0.4) is 0 Å². The monoisotopic (exact) mass is 262 g/mol. The molecule has 0 atom stereocenters. The zero-order chi connectivity index (χ0) is 13.0. The van der Waals surface area contributed by atoms with E-state index in [9.17, 15) is 4.79 Å². The van der Waals surface area contributed by atoms with Gasteiger partial charge in [0, 0.05) is 11.9 Å². The highest BCUT2D eigenvalue weighted by atomic mass is 35.5. The Morgan fingerprint density at radius 1 is 1.00 bits per heavy atom. The lowest BCUT2D eigenvalue weighted by Crippen LogP contribution is -2.02. The fourth-order valence-corrected chi connectivity index (χ4v) is 1.53. The number of carbonyl (C=O) groups excluding carboxylic acids is 1.